The molecule has 0 amide bonds. The highest BCUT2D eigenvalue weighted by Gasteiger charge is 2.10. The second kappa shape index (κ2) is 11.8. The van der Waals surface area contributed by atoms with Crippen LogP contribution >= 0.6 is 0 Å². The molecule has 3 rings (SSSR count). The molecular weight excluding hydrogens is 436 g/mol. The van der Waals surface area contributed by atoms with Crippen LogP contribution in [0.25, 0.3) is 0 Å². The molecule has 8 nitrogen and oxygen atoms in total. The number of sulfonamides is 1. The predicted molar refractivity (Wildman–Crippen MR) is 135 cm³/mol. The van der Waals surface area contributed by atoms with Gasteiger partial charge in [-0.15, -0.1) is 0 Å². The Balaban J connectivity index is 1.74. The lowest BCUT2D eigenvalue weighted by molar-refractivity contribution is 0.588. The van der Waals surface area contributed by atoms with Gasteiger partial charge in [0.05, 0.1) is 11.5 Å². The van der Waals surface area contributed by atoms with Crippen LogP contribution in [-0.2, 0) is 16.6 Å². The molecule has 1 aromatic heterocycles. The zero-order valence-corrected chi connectivity index (χ0v) is 19.2. The summed E-state index contributed by atoms with van der Waals surface area (Å²) in [7, 11) is -1.93. The van der Waals surface area contributed by atoms with E-state index in [-0.39, 0.29) is 18.0 Å². The van der Waals surface area contributed by atoms with E-state index in [1.54, 1.807) is 24.7 Å². The maximum atomic E-state index is 11.7. The minimum atomic E-state index is -3.32. The number of nitrogens with zero attached hydrogens (tertiary/aromatic N) is 1. The third kappa shape index (κ3) is 7.74. The summed E-state index contributed by atoms with van der Waals surface area (Å²) in [6.45, 7) is 0.818. The standard InChI is InChI=1S/C24H28N6O2S/c1-26-33(31,32)15-14-29-24-10-9-21(30-20-7-3-2-4-8-20)16-22(24)23(25)11-13-28-18-19-6-5-12-27-17-19/h2-13,16-17,25-26,28-30H,14-15,18H2,1H3/b13-11-,25-23?. The lowest BCUT2D eigenvalue weighted by Gasteiger charge is -2.15. The number of para-hydroxylation sites is 1. The second-order valence-electron chi connectivity index (χ2n) is 7.19. The van der Waals surface area contributed by atoms with Crippen molar-refractivity contribution in [3.05, 3.63) is 96.5 Å². The highest BCUT2D eigenvalue weighted by Crippen LogP contribution is 2.24. The molecule has 0 aliphatic rings. The number of pyridine rings is 1. The lowest BCUT2D eigenvalue weighted by Crippen LogP contribution is -2.26. The van der Waals surface area contributed by atoms with Crippen LogP contribution in [0.4, 0.5) is 17.1 Å². The molecule has 33 heavy (non-hydrogen) atoms. The second-order valence-corrected chi connectivity index (χ2v) is 9.24. The fraction of sp³-hybridized carbons (Fsp3) is 0.167. The number of anilines is 3. The summed E-state index contributed by atoms with van der Waals surface area (Å²) in [5.41, 5.74) is 4.41. The maximum absolute atomic E-state index is 11.7. The SMILES string of the molecule is CNS(=O)(=O)CCNc1ccc(Nc2ccccc2)cc1C(=N)/C=C\NCc1cccnc1. The minimum Gasteiger partial charge on any atom is -0.387 e. The van der Waals surface area contributed by atoms with Gasteiger partial charge in [0, 0.05) is 48.1 Å². The third-order valence-corrected chi connectivity index (χ3v) is 6.13. The van der Waals surface area contributed by atoms with E-state index in [4.69, 9.17) is 5.41 Å². The molecule has 0 aliphatic heterocycles. The van der Waals surface area contributed by atoms with Crippen LogP contribution in [0.3, 0.4) is 0 Å². The van der Waals surface area contributed by atoms with Crippen LogP contribution in [0, 0.1) is 5.41 Å². The quantitative estimate of drug-likeness (QED) is 0.262. The molecule has 5 N–H and O–H groups in total. The molecular formula is C24H28N6O2S. The Hall–Kier alpha value is -3.69. The molecule has 9 heteroatoms. The van der Waals surface area contributed by atoms with Gasteiger partial charge in [0.2, 0.25) is 10.0 Å². The van der Waals surface area contributed by atoms with Gasteiger partial charge in [-0.2, -0.15) is 0 Å². The van der Waals surface area contributed by atoms with Gasteiger partial charge in [0.15, 0.2) is 0 Å². The number of hydrogen-bond acceptors (Lipinski definition) is 7. The molecule has 172 valence electrons. The first-order valence-electron chi connectivity index (χ1n) is 10.5. The monoisotopic (exact) mass is 464 g/mol. The van der Waals surface area contributed by atoms with Gasteiger partial charge >= 0.3 is 0 Å². The number of rotatable bonds is 12. The highest BCUT2D eigenvalue weighted by molar-refractivity contribution is 7.89. The van der Waals surface area contributed by atoms with E-state index in [1.165, 1.54) is 7.05 Å². The van der Waals surface area contributed by atoms with Crippen molar-refractivity contribution in [1.29, 1.82) is 5.41 Å². The van der Waals surface area contributed by atoms with Crippen molar-refractivity contribution in [2.24, 2.45) is 0 Å². The van der Waals surface area contributed by atoms with E-state index in [0.717, 1.165) is 16.9 Å². The van der Waals surface area contributed by atoms with Crippen molar-refractivity contribution in [1.82, 2.24) is 15.0 Å². The van der Waals surface area contributed by atoms with E-state index in [0.29, 0.717) is 17.8 Å². The predicted octanol–water partition coefficient (Wildman–Crippen LogP) is 3.46. The van der Waals surface area contributed by atoms with E-state index in [1.807, 2.05) is 60.7 Å². The van der Waals surface area contributed by atoms with Gasteiger partial charge in [-0.1, -0.05) is 24.3 Å². The lowest BCUT2D eigenvalue weighted by atomic mass is 10.1. The van der Waals surface area contributed by atoms with Gasteiger partial charge in [0.1, 0.15) is 0 Å². The summed E-state index contributed by atoms with van der Waals surface area (Å²) in [4.78, 5) is 4.08. The zero-order chi connectivity index (χ0) is 23.5. The molecule has 0 atom stereocenters. The maximum Gasteiger partial charge on any atom is 0.213 e. The average Bonchev–Trinajstić information content (AvgIpc) is 2.83. The van der Waals surface area contributed by atoms with Crippen molar-refractivity contribution in [2.75, 3.05) is 30.0 Å². The minimum absolute atomic E-state index is 0.0667. The number of benzene rings is 2. The molecule has 0 saturated carbocycles. The smallest absolute Gasteiger partial charge is 0.213 e. The molecule has 0 aliphatic carbocycles. The first kappa shape index (κ1) is 24.0. The van der Waals surface area contributed by atoms with Gasteiger partial charge in [-0.05, 0) is 61.3 Å². The van der Waals surface area contributed by atoms with E-state index in [9.17, 15) is 8.42 Å². The molecule has 0 radical (unpaired) electrons. The summed E-state index contributed by atoms with van der Waals surface area (Å²) < 4.78 is 25.8. The Morgan fingerprint density at radius 3 is 2.61 bits per heavy atom. The first-order valence-corrected chi connectivity index (χ1v) is 12.1. The third-order valence-electron chi connectivity index (χ3n) is 4.77. The number of aromatic nitrogens is 1. The molecule has 0 fully saturated rings. The van der Waals surface area contributed by atoms with Crippen LogP contribution in [-0.4, -0.2) is 38.5 Å². The van der Waals surface area contributed by atoms with Gasteiger partial charge in [-0.25, -0.2) is 13.1 Å². The van der Waals surface area contributed by atoms with Crippen LogP contribution < -0.4 is 20.7 Å². The van der Waals surface area contributed by atoms with Gasteiger partial charge in [-0.3, -0.25) is 4.98 Å². The van der Waals surface area contributed by atoms with Crippen LogP contribution in [0.5, 0.6) is 0 Å². The van der Waals surface area contributed by atoms with Crippen molar-refractivity contribution in [2.45, 2.75) is 6.54 Å². The average molecular weight is 465 g/mol. The Morgan fingerprint density at radius 1 is 1.06 bits per heavy atom. The topological polar surface area (TPSA) is 119 Å². The number of nitrogens with one attached hydrogen (secondary N) is 5. The largest absolute Gasteiger partial charge is 0.387 e. The van der Waals surface area contributed by atoms with Gasteiger partial charge < -0.3 is 21.4 Å². The van der Waals surface area contributed by atoms with Crippen LogP contribution in [0.2, 0.25) is 0 Å². The summed E-state index contributed by atoms with van der Waals surface area (Å²) in [5, 5.41) is 18.2. The molecule has 3 aromatic rings. The van der Waals surface area contributed by atoms with E-state index in [2.05, 4.69) is 25.7 Å². The van der Waals surface area contributed by atoms with Crippen molar-refractivity contribution in [3.8, 4) is 0 Å². The van der Waals surface area contributed by atoms with Crippen LogP contribution in [0.1, 0.15) is 11.1 Å². The zero-order valence-electron chi connectivity index (χ0n) is 18.4. The molecule has 0 spiro atoms. The fourth-order valence-electron chi connectivity index (χ4n) is 3.02. The number of hydrogen-bond donors (Lipinski definition) is 5. The molecule has 0 saturated heterocycles. The normalized spacial score (nSPS) is 11.3. The van der Waals surface area contributed by atoms with Crippen molar-refractivity contribution < 1.29 is 8.42 Å². The summed E-state index contributed by atoms with van der Waals surface area (Å²) in [5.74, 6) is -0.0667. The summed E-state index contributed by atoms with van der Waals surface area (Å²) in [6.07, 6.45) is 6.91. The molecule has 0 unspecified atom stereocenters. The van der Waals surface area contributed by atoms with Crippen LogP contribution in [0.15, 0.2) is 85.3 Å². The van der Waals surface area contributed by atoms with E-state index >= 15 is 0 Å². The first-order chi connectivity index (χ1) is 16.0. The Labute approximate surface area is 194 Å². The summed E-state index contributed by atoms with van der Waals surface area (Å²) in [6, 6.07) is 19.2. The number of allylic oxidation sites excluding steroid dienone is 1. The van der Waals surface area contributed by atoms with Crippen molar-refractivity contribution in [3.63, 3.8) is 0 Å². The Morgan fingerprint density at radius 2 is 1.88 bits per heavy atom. The van der Waals surface area contributed by atoms with Crippen molar-refractivity contribution >= 4 is 32.8 Å². The molecule has 0 bridgehead atoms. The van der Waals surface area contributed by atoms with Gasteiger partial charge in [0.25, 0.3) is 0 Å². The summed E-state index contributed by atoms with van der Waals surface area (Å²) >= 11 is 0. The fourth-order valence-corrected chi connectivity index (χ4v) is 3.60. The highest BCUT2D eigenvalue weighted by atomic mass is 32.2. The Bertz CT molecular complexity index is 1180. The molecule has 1 heterocycles. The molecule has 2 aromatic carbocycles. The van der Waals surface area contributed by atoms with E-state index < -0.39 is 10.0 Å². The Kier molecular flexibility index (Phi) is 8.56.